The smallest absolute Gasteiger partial charge is 0.240 e. The van der Waals surface area contributed by atoms with E-state index >= 15 is 0 Å². The molecule has 0 saturated heterocycles. The van der Waals surface area contributed by atoms with E-state index < -0.39 is 23.0 Å². The van der Waals surface area contributed by atoms with Gasteiger partial charge in [-0.25, -0.2) is 4.39 Å². The predicted molar refractivity (Wildman–Crippen MR) is 91.8 cm³/mol. The third-order valence-electron chi connectivity index (χ3n) is 3.94. The molecule has 0 spiro atoms. The van der Waals surface area contributed by atoms with Crippen LogP contribution in [-0.4, -0.2) is 11.8 Å². The van der Waals surface area contributed by atoms with Crippen molar-refractivity contribution in [3.05, 3.63) is 58.3 Å². The number of rotatable bonds is 4. The zero-order valence-electron chi connectivity index (χ0n) is 12.4. The number of hydrogen-bond acceptors (Lipinski definition) is 2. The zero-order valence-corrected chi connectivity index (χ0v) is 13.9. The fourth-order valence-corrected chi connectivity index (χ4v) is 2.68. The van der Waals surface area contributed by atoms with Crippen molar-refractivity contribution in [2.45, 2.75) is 12.8 Å². The van der Waals surface area contributed by atoms with Crippen molar-refractivity contribution in [3.8, 4) is 0 Å². The predicted octanol–water partition coefficient (Wildman–Crippen LogP) is 4.49. The molecule has 2 aromatic carbocycles. The van der Waals surface area contributed by atoms with Crippen molar-refractivity contribution >= 4 is 46.4 Å². The molecule has 1 saturated carbocycles. The van der Waals surface area contributed by atoms with Gasteiger partial charge in [-0.2, -0.15) is 0 Å². The molecule has 4 nitrogen and oxygen atoms in total. The van der Waals surface area contributed by atoms with E-state index in [4.69, 9.17) is 23.2 Å². The van der Waals surface area contributed by atoms with E-state index in [1.54, 1.807) is 24.3 Å². The summed E-state index contributed by atoms with van der Waals surface area (Å²) in [6, 6.07) is 10.6. The van der Waals surface area contributed by atoms with Crippen molar-refractivity contribution in [1.82, 2.24) is 0 Å². The zero-order chi connectivity index (χ0) is 17.3. The summed E-state index contributed by atoms with van der Waals surface area (Å²) < 4.78 is 13.7. The monoisotopic (exact) mass is 366 g/mol. The Labute approximate surface area is 148 Å². The minimum Gasteiger partial charge on any atom is -0.324 e. The number of benzene rings is 2. The van der Waals surface area contributed by atoms with Gasteiger partial charge in [0.2, 0.25) is 11.8 Å². The van der Waals surface area contributed by atoms with Gasteiger partial charge in [0.15, 0.2) is 0 Å². The normalized spacial score (nSPS) is 14.8. The van der Waals surface area contributed by atoms with Crippen LogP contribution in [0.4, 0.5) is 15.8 Å². The highest BCUT2D eigenvalue weighted by molar-refractivity contribution is 6.44. The minimum absolute atomic E-state index is 0.0439. The lowest BCUT2D eigenvalue weighted by Gasteiger charge is -2.16. The molecule has 0 unspecified atom stereocenters. The fraction of sp³-hybridized carbons (Fsp3) is 0.176. The van der Waals surface area contributed by atoms with E-state index in [0.717, 1.165) is 0 Å². The van der Waals surface area contributed by atoms with Crippen LogP contribution in [-0.2, 0) is 9.59 Å². The molecule has 2 aromatic rings. The fourth-order valence-electron chi connectivity index (χ4n) is 2.33. The molecule has 1 aliphatic rings. The molecule has 2 amide bonds. The van der Waals surface area contributed by atoms with E-state index in [1.807, 2.05) is 0 Å². The molecule has 1 fully saturated rings. The number of anilines is 2. The van der Waals surface area contributed by atoms with Gasteiger partial charge in [-0.05, 0) is 37.1 Å². The summed E-state index contributed by atoms with van der Waals surface area (Å²) >= 11 is 12.0. The molecule has 0 bridgehead atoms. The summed E-state index contributed by atoms with van der Waals surface area (Å²) in [6.45, 7) is 0. The first-order chi connectivity index (χ1) is 11.4. The summed E-state index contributed by atoms with van der Waals surface area (Å²) in [6.07, 6.45) is 0.772. The van der Waals surface area contributed by atoms with Crippen molar-refractivity contribution in [2.24, 2.45) is 5.41 Å². The standard InChI is InChI=1S/C17H13Cl2FN2O2/c18-10-4-3-7-13(14(10)19)22-16(24)17(8-9-17)15(23)21-12-6-2-1-5-11(12)20/h1-7H,8-9H2,(H,21,23)(H,22,24). The van der Waals surface area contributed by atoms with Crippen LogP contribution in [0.2, 0.25) is 10.0 Å². The van der Waals surface area contributed by atoms with Crippen molar-refractivity contribution in [2.75, 3.05) is 10.6 Å². The maximum Gasteiger partial charge on any atom is 0.240 e. The van der Waals surface area contributed by atoms with E-state index in [2.05, 4.69) is 10.6 Å². The van der Waals surface area contributed by atoms with Gasteiger partial charge >= 0.3 is 0 Å². The van der Waals surface area contributed by atoms with Crippen LogP contribution >= 0.6 is 23.2 Å². The molecule has 24 heavy (non-hydrogen) atoms. The second kappa shape index (κ2) is 6.42. The third-order valence-corrected chi connectivity index (χ3v) is 4.76. The number of carbonyl (C=O) groups excluding carboxylic acids is 2. The van der Waals surface area contributed by atoms with E-state index in [-0.39, 0.29) is 10.7 Å². The molecule has 7 heteroatoms. The van der Waals surface area contributed by atoms with Crippen LogP contribution in [0, 0.1) is 11.2 Å². The van der Waals surface area contributed by atoms with Crippen molar-refractivity contribution in [3.63, 3.8) is 0 Å². The largest absolute Gasteiger partial charge is 0.324 e. The van der Waals surface area contributed by atoms with E-state index in [9.17, 15) is 14.0 Å². The van der Waals surface area contributed by atoms with Crippen LogP contribution in [0.3, 0.4) is 0 Å². The summed E-state index contributed by atoms with van der Waals surface area (Å²) in [5.74, 6) is -1.58. The average Bonchev–Trinajstić information content (AvgIpc) is 3.36. The van der Waals surface area contributed by atoms with E-state index in [0.29, 0.717) is 23.6 Å². The Bertz CT molecular complexity index is 822. The maximum absolute atomic E-state index is 13.7. The number of hydrogen-bond donors (Lipinski definition) is 2. The van der Waals surface area contributed by atoms with Gasteiger partial charge in [0.05, 0.1) is 21.4 Å². The van der Waals surface area contributed by atoms with Gasteiger partial charge in [0.1, 0.15) is 11.2 Å². The van der Waals surface area contributed by atoms with Crippen LogP contribution < -0.4 is 10.6 Å². The second-order valence-corrected chi connectivity index (χ2v) is 6.36. The lowest BCUT2D eigenvalue weighted by Crippen LogP contribution is -2.35. The van der Waals surface area contributed by atoms with Gasteiger partial charge in [0, 0.05) is 0 Å². The first kappa shape index (κ1) is 16.7. The first-order valence-electron chi connectivity index (χ1n) is 7.25. The number of halogens is 3. The molecule has 0 aromatic heterocycles. The molecule has 0 atom stereocenters. The first-order valence-corrected chi connectivity index (χ1v) is 8.01. The van der Waals surface area contributed by atoms with Crippen LogP contribution in [0.5, 0.6) is 0 Å². The van der Waals surface area contributed by atoms with Crippen LogP contribution in [0.1, 0.15) is 12.8 Å². The minimum atomic E-state index is -1.21. The summed E-state index contributed by atoms with van der Waals surface area (Å²) in [4.78, 5) is 24.9. The molecular formula is C17H13Cl2FN2O2. The van der Waals surface area contributed by atoms with Gasteiger partial charge in [-0.3, -0.25) is 9.59 Å². The SMILES string of the molecule is O=C(Nc1ccccc1F)C1(C(=O)Nc2cccc(Cl)c2Cl)CC1. The number of nitrogens with one attached hydrogen (secondary N) is 2. The van der Waals surface area contributed by atoms with Crippen LogP contribution in [0.25, 0.3) is 0 Å². The molecule has 0 aliphatic heterocycles. The highest BCUT2D eigenvalue weighted by Crippen LogP contribution is 2.48. The molecule has 124 valence electrons. The molecule has 3 rings (SSSR count). The van der Waals surface area contributed by atoms with Gasteiger partial charge < -0.3 is 10.6 Å². The lowest BCUT2D eigenvalue weighted by atomic mass is 10.0. The third kappa shape index (κ3) is 3.09. The lowest BCUT2D eigenvalue weighted by molar-refractivity contribution is -0.131. The molecule has 2 N–H and O–H groups in total. The average molecular weight is 367 g/mol. The van der Waals surface area contributed by atoms with Gasteiger partial charge in [0.25, 0.3) is 0 Å². The number of amides is 2. The Hall–Kier alpha value is -2.11. The molecule has 0 heterocycles. The topological polar surface area (TPSA) is 58.2 Å². The summed E-state index contributed by atoms with van der Waals surface area (Å²) in [5.41, 5.74) is -0.838. The summed E-state index contributed by atoms with van der Waals surface area (Å²) in [7, 11) is 0. The number of carbonyl (C=O) groups is 2. The highest BCUT2D eigenvalue weighted by Gasteiger charge is 2.56. The Morgan fingerprint density at radius 3 is 2.12 bits per heavy atom. The van der Waals surface area contributed by atoms with Gasteiger partial charge in [-0.15, -0.1) is 0 Å². The summed E-state index contributed by atoms with van der Waals surface area (Å²) in [5, 5.41) is 5.60. The Kier molecular flexibility index (Phi) is 4.47. The maximum atomic E-state index is 13.7. The molecule has 1 aliphatic carbocycles. The highest BCUT2D eigenvalue weighted by atomic mass is 35.5. The Morgan fingerprint density at radius 2 is 1.50 bits per heavy atom. The van der Waals surface area contributed by atoms with Gasteiger partial charge in [-0.1, -0.05) is 41.4 Å². The van der Waals surface area contributed by atoms with E-state index in [1.165, 1.54) is 18.2 Å². The van der Waals surface area contributed by atoms with Crippen molar-refractivity contribution in [1.29, 1.82) is 0 Å². The van der Waals surface area contributed by atoms with Crippen LogP contribution in [0.15, 0.2) is 42.5 Å². The van der Waals surface area contributed by atoms with Crippen molar-refractivity contribution < 1.29 is 14.0 Å². The second-order valence-electron chi connectivity index (χ2n) is 5.57. The molecular weight excluding hydrogens is 354 g/mol. The molecule has 0 radical (unpaired) electrons. The quantitative estimate of drug-likeness (QED) is 0.783. The number of para-hydroxylation sites is 1. The Balaban J connectivity index is 1.76. The Morgan fingerprint density at radius 1 is 0.917 bits per heavy atom.